The van der Waals surface area contributed by atoms with E-state index in [9.17, 15) is 9.59 Å². The summed E-state index contributed by atoms with van der Waals surface area (Å²) in [6.07, 6.45) is 0. The topological polar surface area (TPSA) is 62.3 Å². The van der Waals surface area contributed by atoms with Gasteiger partial charge in [0.1, 0.15) is 6.61 Å². The molecule has 0 N–H and O–H groups in total. The maximum atomic E-state index is 13.0. The van der Waals surface area contributed by atoms with E-state index in [-0.39, 0.29) is 11.8 Å². The van der Waals surface area contributed by atoms with Crippen LogP contribution in [0, 0.1) is 0 Å². The molecule has 1 saturated heterocycles. The van der Waals surface area contributed by atoms with Gasteiger partial charge >= 0.3 is 0 Å². The number of nitrogens with zero attached hydrogens (tertiary/aromatic N) is 3. The lowest BCUT2D eigenvalue weighted by molar-refractivity contribution is -0.132. The highest BCUT2D eigenvalue weighted by Crippen LogP contribution is 2.29. The Balaban J connectivity index is 1.56. The number of rotatable bonds is 9. The summed E-state index contributed by atoms with van der Waals surface area (Å²) in [5, 5.41) is 0.676. The Labute approximate surface area is 200 Å². The average molecular weight is 474 g/mol. The third-order valence-corrected chi connectivity index (χ3v) is 6.10. The number of piperazine rings is 1. The van der Waals surface area contributed by atoms with Gasteiger partial charge in [0.25, 0.3) is 5.91 Å². The molecule has 1 heterocycles. The molecule has 0 aromatic heterocycles. The van der Waals surface area contributed by atoms with Gasteiger partial charge in [0.15, 0.2) is 11.5 Å². The number of amides is 2. The van der Waals surface area contributed by atoms with Crippen molar-refractivity contribution in [1.29, 1.82) is 0 Å². The van der Waals surface area contributed by atoms with Crippen LogP contribution in [0.15, 0.2) is 42.5 Å². The minimum Gasteiger partial charge on any atom is -0.493 e. The third kappa shape index (κ3) is 6.62. The molecule has 0 unspecified atom stereocenters. The molecule has 8 heteroatoms. The summed E-state index contributed by atoms with van der Waals surface area (Å²) in [5.74, 6) is 1.17. The van der Waals surface area contributed by atoms with Crippen LogP contribution in [0.3, 0.4) is 0 Å². The molecule has 1 aliphatic heterocycles. The van der Waals surface area contributed by atoms with Crippen molar-refractivity contribution < 1.29 is 19.1 Å². The van der Waals surface area contributed by atoms with Gasteiger partial charge in [-0.1, -0.05) is 23.7 Å². The van der Waals surface area contributed by atoms with Crippen LogP contribution in [0.25, 0.3) is 0 Å². The number of halogens is 1. The summed E-state index contributed by atoms with van der Waals surface area (Å²) in [6, 6.07) is 12.7. The van der Waals surface area contributed by atoms with Crippen molar-refractivity contribution in [3.8, 4) is 11.5 Å². The summed E-state index contributed by atoms with van der Waals surface area (Å²) in [4.78, 5) is 31.2. The quantitative estimate of drug-likeness (QED) is 0.557. The van der Waals surface area contributed by atoms with Crippen molar-refractivity contribution in [2.45, 2.75) is 20.5 Å². The number of carbonyl (C=O) groups excluding carboxylic acids is 2. The molecule has 7 nitrogen and oxygen atoms in total. The average Bonchev–Trinajstić information content (AvgIpc) is 2.84. The van der Waals surface area contributed by atoms with E-state index in [1.54, 1.807) is 25.3 Å². The fourth-order valence-electron chi connectivity index (χ4n) is 3.82. The van der Waals surface area contributed by atoms with Crippen molar-refractivity contribution in [2.24, 2.45) is 0 Å². The molecule has 0 aliphatic carbocycles. The molecule has 0 radical (unpaired) electrons. The first-order chi connectivity index (χ1) is 15.9. The summed E-state index contributed by atoms with van der Waals surface area (Å²) in [5.41, 5.74) is 1.54. The normalized spacial score (nSPS) is 14.1. The van der Waals surface area contributed by atoms with Gasteiger partial charge in [-0.3, -0.25) is 14.5 Å². The molecule has 3 rings (SSSR count). The molecule has 0 bridgehead atoms. The zero-order chi connectivity index (χ0) is 23.8. The Morgan fingerprint density at radius 2 is 1.64 bits per heavy atom. The summed E-state index contributed by atoms with van der Waals surface area (Å²) in [7, 11) is 1.56. The zero-order valence-electron chi connectivity index (χ0n) is 19.6. The highest BCUT2D eigenvalue weighted by Gasteiger charge is 2.25. The highest BCUT2D eigenvalue weighted by atomic mass is 35.5. The fraction of sp³-hybridized carbons (Fsp3) is 0.440. The van der Waals surface area contributed by atoms with Gasteiger partial charge in [-0.25, -0.2) is 0 Å². The molecule has 2 aromatic carbocycles. The summed E-state index contributed by atoms with van der Waals surface area (Å²) < 4.78 is 11.4. The molecule has 1 fully saturated rings. The van der Waals surface area contributed by atoms with Crippen LogP contribution in [-0.4, -0.2) is 79.4 Å². The summed E-state index contributed by atoms with van der Waals surface area (Å²) in [6.45, 7) is 8.70. The van der Waals surface area contributed by atoms with Crippen molar-refractivity contribution in [3.63, 3.8) is 0 Å². The molecule has 0 saturated carbocycles. The Morgan fingerprint density at radius 1 is 0.970 bits per heavy atom. The third-order valence-electron chi connectivity index (χ3n) is 5.85. The number of hydrogen-bond acceptors (Lipinski definition) is 5. The number of likely N-dealkylation sites (N-methyl/N-ethyl adjacent to an activating group) is 1. The second kappa shape index (κ2) is 11.9. The van der Waals surface area contributed by atoms with Gasteiger partial charge in [0.2, 0.25) is 5.91 Å². The van der Waals surface area contributed by atoms with E-state index in [1.165, 1.54) is 0 Å². The zero-order valence-corrected chi connectivity index (χ0v) is 20.3. The van der Waals surface area contributed by atoms with Gasteiger partial charge < -0.3 is 19.3 Å². The Bertz CT molecular complexity index is 939. The Kier molecular flexibility index (Phi) is 8.97. The second-order valence-electron chi connectivity index (χ2n) is 7.92. The van der Waals surface area contributed by atoms with E-state index >= 15 is 0 Å². The van der Waals surface area contributed by atoms with E-state index in [0.717, 1.165) is 18.7 Å². The van der Waals surface area contributed by atoms with Crippen LogP contribution in [0.4, 0.5) is 0 Å². The van der Waals surface area contributed by atoms with Crippen LogP contribution >= 0.6 is 11.6 Å². The molecule has 33 heavy (non-hydrogen) atoms. The highest BCUT2D eigenvalue weighted by molar-refractivity contribution is 6.30. The number of methoxy groups -OCH3 is 1. The predicted molar refractivity (Wildman–Crippen MR) is 129 cm³/mol. The predicted octanol–water partition coefficient (Wildman–Crippen LogP) is 3.55. The van der Waals surface area contributed by atoms with E-state index in [2.05, 4.69) is 4.90 Å². The standard InChI is InChI=1S/C25H32ClN3O4/c1-4-28(5-2)24(30)17-27-12-14-29(15-13-27)25(31)20-8-11-22(23(16-20)32-3)33-18-19-6-9-21(26)10-7-19/h6-11,16H,4-5,12-15,17-18H2,1-3H3. The van der Waals surface area contributed by atoms with Crippen molar-refractivity contribution in [3.05, 3.63) is 58.6 Å². The van der Waals surface area contributed by atoms with Gasteiger partial charge in [0.05, 0.1) is 13.7 Å². The van der Waals surface area contributed by atoms with E-state index in [0.29, 0.717) is 61.4 Å². The molecule has 2 aromatic rings. The molecule has 178 valence electrons. The van der Waals surface area contributed by atoms with Crippen LogP contribution < -0.4 is 9.47 Å². The minimum absolute atomic E-state index is 0.0488. The van der Waals surface area contributed by atoms with E-state index < -0.39 is 0 Å². The first-order valence-corrected chi connectivity index (χ1v) is 11.7. The molecule has 0 spiro atoms. The lowest BCUT2D eigenvalue weighted by Gasteiger charge is -2.35. The van der Waals surface area contributed by atoms with Crippen LogP contribution in [0.5, 0.6) is 11.5 Å². The number of benzene rings is 2. The monoisotopic (exact) mass is 473 g/mol. The van der Waals surface area contributed by atoms with Crippen molar-refractivity contribution in [2.75, 3.05) is 52.9 Å². The SMILES string of the molecule is CCN(CC)C(=O)CN1CCN(C(=O)c2ccc(OCc3ccc(Cl)cc3)c(OC)c2)CC1. The molecule has 0 atom stereocenters. The van der Waals surface area contributed by atoms with Gasteiger partial charge in [-0.2, -0.15) is 0 Å². The second-order valence-corrected chi connectivity index (χ2v) is 8.35. The number of hydrogen-bond donors (Lipinski definition) is 0. The first kappa shape index (κ1) is 24.9. The number of ether oxygens (including phenoxy) is 2. The van der Waals surface area contributed by atoms with Crippen LogP contribution in [0.1, 0.15) is 29.8 Å². The van der Waals surface area contributed by atoms with Gasteiger partial charge in [-0.05, 0) is 49.7 Å². The summed E-state index contributed by atoms with van der Waals surface area (Å²) >= 11 is 5.93. The Hall–Kier alpha value is -2.77. The lowest BCUT2D eigenvalue weighted by Crippen LogP contribution is -2.51. The fourth-order valence-corrected chi connectivity index (χ4v) is 3.95. The van der Waals surface area contributed by atoms with Gasteiger partial charge in [0, 0.05) is 49.9 Å². The van der Waals surface area contributed by atoms with Crippen LogP contribution in [-0.2, 0) is 11.4 Å². The van der Waals surface area contributed by atoms with Crippen LogP contribution in [0.2, 0.25) is 5.02 Å². The van der Waals surface area contributed by atoms with Crippen molar-refractivity contribution in [1.82, 2.24) is 14.7 Å². The molecule has 2 amide bonds. The largest absolute Gasteiger partial charge is 0.493 e. The maximum absolute atomic E-state index is 13.0. The smallest absolute Gasteiger partial charge is 0.254 e. The minimum atomic E-state index is -0.0488. The van der Waals surface area contributed by atoms with Crippen molar-refractivity contribution >= 4 is 23.4 Å². The first-order valence-electron chi connectivity index (χ1n) is 11.3. The number of carbonyl (C=O) groups is 2. The maximum Gasteiger partial charge on any atom is 0.254 e. The van der Waals surface area contributed by atoms with E-state index in [4.69, 9.17) is 21.1 Å². The molecular formula is C25H32ClN3O4. The Morgan fingerprint density at radius 3 is 2.24 bits per heavy atom. The van der Waals surface area contributed by atoms with E-state index in [1.807, 2.05) is 47.9 Å². The molecule has 1 aliphatic rings. The molecular weight excluding hydrogens is 442 g/mol. The van der Waals surface area contributed by atoms with Gasteiger partial charge in [-0.15, -0.1) is 0 Å². The lowest BCUT2D eigenvalue weighted by atomic mass is 10.1.